The van der Waals surface area contributed by atoms with Crippen LogP contribution < -0.4 is 10.6 Å². The van der Waals surface area contributed by atoms with E-state index in [9.17, 15) is 9.90 Å². The predicted molar refractivity (Wildman–Crippen MR) is 143 cm³/mol. The molecule has 2 aromatic carbocycles. The van der Waals surface area contributed by atoms with Crippen LogP contribution in [-0.4, -0.2) is 44.4 Å². The fourth-order valence-corrected chi connectivity index (χ4v) is 5.44. The molecule has 1 fully saturated rings. The molecule has 1 aliphatic rings. The van der Waals surface area contributed by atoms with Gasteiger partial charge in [-0.1, -0.05) is 74.1 Å². The first-order chi connectivity index (χ1) is 17.0. The zero-order valence-electron chi connectivity index (χ0n) is 21.8. The molecule has 3 rings (SSSR count). The molecule has 1 amide bonds. The Hall–Kier alpha value is -2.21. The van der Waals surface area contributed by atoms with Gasteiger partial charge in [-0.3, -0.25) is 4.79 Å². The van der Waals surface area contributed by atoms with Crippen LogP contribution in [0.2, 0.25) is 0 Å². The SMILES string of the molecule is CNCC(CC1CCCCC1)NC(=O)c1cccc([C@@](O)(CCCCOC)c2cccc(C)c2)c1. The lowest BCUT2D eigenvalue weighted by molar-refractivity contribution is 0.0649. The Morgan fingerprint density at radius 3 is 2.49 bits per heavy atom. The Balaban J connectivity index is 1.80. The summed E-state index contributed by atoms with van der Waals surface area (Å²) >= 11 is 0. The highest BCUT2D eigenvalue weighted by molar-refractivity contribution is 5.94. The third-order valence-electron chi connectivity index (χ3n) is 7.36. The molecule has 1 saturated carbocycles. The van der Waals surface area contributed by atoms with Gasteiger partial charge in [-0.15, -0.1) is 0 Å². The van der Waals surface area contributed by atoms with Crippen LogP contribution in [0.25, 0.3) is 0 Å². The number of aliphatic hydroxyl groups is 1. The fourth-order valence-electron chi connectivity index (χ4n) is 5.44. The first-order valence-corrected chi connectivity index (χ1v) is 13.3. The van der Waals surface area contributed by atoms with Crippen molar-refractivity contribution < 1.29 is 14.6 Å². The molecule has 0 radical (unpaired) electrons. The number of hydrogen-bond donors (Lipinski definition) is 3. The summed E-state index contributed by atoms with van der Waals surface area (Å²) in [5, 5.41) is 18.5. The van der Waals surface area contributed by atoms with Crippen molar-refractivity contribution in [2.75, 3.05) is 27.3 Å². The summed E-state index contributed by atoms with van der Waals surface area (Å²) in [5.41, 5.74) is 2.14. The number of aryl methyl sites for hydroxylation is 1. The highest BCUT2D eigenvalue weighted by Gasteiger charge is 2.32. The lowest BCUT2D eigenvalue weighted by Crippen LogP contribution is -2.42. The smallest absolute Gasteiger partial charge is 0.251 e. The van der Waals surface area contributed by atoms with Gasteiger partial charge >= 0.3 is 0 Å². The van der Waals surface area contributed by atoms with Crippen LogP contribution in [0.15, 0.2) is 48.5 Å². The molecule has 3 N–H and O–H groups in total. The number of amides is 1. The Labute approximate surface area is 211 Å². The number of likely N-dealkylation sites (N-methyl/N-ethyl adjacent to an activating group) is 1. The van der Waals surface area contributed by atoms with Crippen LogP contribution in [0.1, 0.15) is 84.8 Å². The Kier molecular flexibility index (Phi) is 10.8. The highest BCUT2D eigenvalue weighted by atomic mass is 16.5. The number of rotatable bonds is 13. The maximum atomic E-state index is 13.3. The van der Waals surface area contributed by atoms with E-state index in [4.69, 9.17) is 4.74 Å². The lowest BCUT2D eigenvalue weighted by atomic mass is 9.81. The van der Waals surface area contributed by atoms with Crippen molar-refractivity contribution in [1.29, 1.82) is 0 Å². The lowest BCUT2D eigenvalue weighted by Gasteiger charge is -2.30. The molecule has 0 aliphatic heterocycles. The molecular weight excluding hydrogens is 436 g/mol. The number of methoxy groups -OCH3 is 1. The molecule has 1 aliphatic carbocycles. The molecule has 1 unspecified atom stereocenters. The maximum Gasteiger partial charge on any atom is 0.251 e. The minimum atomic E-state index is -1.16. The zero-order valence-corrected chi connectivity index (χ0v) is 21.8. The maximum absolute atomic E-state index is 13.3. The van der Waals surface area contributed by atoms with Gasteiger partial charge in [0.15, 0.2) is 0 Å². The van der Waals surface area contributed by atoms with Crippen LogP contribution >= 0.6 is 0 Å². The Morgan fingerprint density at radius 2 is 1.80 bits per heavy atom. The zero-order chi connectivity index (χ0) is 25.1. The van der Waals surface area contributed by atoms with Gasteiger partial charge in [-0.2, -0.15) is 0 Å². The minimum absolute atomic E-state index is 0.0751. The van der Waals surface area contributed by atoms with Crippen molar-refractivity contribution >= 4 is 5.91 Å². The van der Waals surface area contributed by atoms with E-state index in [1.807, 2.05) is 62.5 Å². The second kappa shape index (κ2) is 13.8. The molecule has 0 bridgehead atoms. The van der Waals surface area contributed by atoms with Crippen molar-refractivity contribution in [3.63, 3.8) is 0 Å². The normalized spacial score (nSPS) is 17.0. The number of unbranched alkanes of at least 4 members (excludes halogenated alkanes) is 1. The first kappa shape index (κ1) is 27.4. The quantitative estimate of drug-likeness (QED) is 0.339. The van der Waals surface area contributed by atoms with E-state index in [1.165, 1.54) is 32.1 Å². The second-order valence-electron chi connectivity index (χ2n) is 10.2. The molecule has 192 valence electrons. The largest absolute Gasteiger partial charge is 0.385 e. The van der Waals surface area contributed by atoms with Crippen LogP contribution in [-0.2, 0) is 10.3 Å². The first-order valence-electron chi connectivity index (χ1n) is 13.3. The van der Waals surface area contributed by atoms with Gasteiger partial charge in [0.05, 0.1) is 0 Å². The summed E-state index contributed by atoms with van der Waals surface area (Å²) in [4.78, 5) is 13.3. The molecule has 5 nitrogen and oxygen atoms in total. The number of benzene rings is 2. The van der Waals surface area contributed by atoms with Crippen LogP contribution in [0.3, 0.4) is 0 Å². The summed E-state index contributed by atoms with van der Waals surface area (Å²) in [5.74, 6) is 0.612. The predicted octanol–water partition coefficient (Wildman–Crippen LogP) is 5.34. The second-order valence-corrected chi connectivity index (χ2v) is 10.2. The molecular formula is C30H44N2O3. The number of nitrogens with one attached hydrogen (secondary N) is 2. The van der Waals surface area contributed by atoms with Crippen molar-refractivity contribution in [2.45, 2.75) is 76.4 Å². The van der Waals surface area contributed by atoms with E-state index < -0.39 is 5.60 Å². The van der Waals surface area contributed by atoms with E-state index >= 15 is 0 Å². The van der Waals surface area contributed by atoms with E-state index in [2.05, 4.69) is 10.6 Å². The van der Waals surface area contributed by atoms with Gasteiger partial charge in [0, 0.05) is 31.9 Å². The average Bonchev–Trinajstić information content (AvgIpc) is 2.87. The standard InChI is InChI=1S/C30H44N2O3/c1-23-11-9-15-26(19-23)30(34,17-7-8-18-35-3)27-16-10-14-25(21-27)29(33)32-28(22-31-2)20-24-12-5-4-6-13-24/h9-11,14-16,19,21,24,28,31,34H,4-8,12-13,17-18,20,22H2,1-3H3,(H,32,33)/t28?,30-/m1/s1. The fraction of sp³-hybridized carbons (Fsp3) is 0.567. The number of carbonyl (C=O) groups is 1. The monoisotopic (exact) mass is 480 g/mol. The molecule has 0 saturated heterocycles. The van der Waals surface area contributed by atoms with Crippen LogP contribution in [0, 0.1) is 12.8 Å². The van der Waals surface area contributed by atoms with E-state index in [0.29, 0.717) is 24.5 Å². The van der Waals surface area contributed by atoms with E-state index in [-0.39, 0.29) is 11.9 Å². The number of hydrogen-bond acceptors (Lipinski definition) is 4. The van der Waals surface area contributed by atoms with Crippen molar-refractivity contribution in [1.82, 2.24) is 10.6 Å². The summed E-state index contributed by atoms with van der Waals surface area (Å²) in [6.07, 6.45) is 9.73. The summed E-state index contributed by atoms with van der Waals surface area (Å²) < 4.78 is 5.21. The van der Waals surface area contributed by atoms with Gasteiger partial charge in [-0.05, 0) is 68.8 Å². The molecule has 5 heteroatoms. The molecule has 2 aromatic rings. The topological polar surface area (TPSA) is 70.6 Å². The third kappa shape index (κ3) is 7.89. The minimum Gasteiger partial charge on any atom is -0.385 e. The van der Waals surface area contributed by atoms with Crippen molar-refractivity contribution in [2.24, 2.45) is 5.92 Å². The molecule has 0 spiro atoms. The van der Waals surface area contributed by atoms with Gasteiger partial charge in [0.25, 0.3) is 5.91 Å². The van der Waals surface area contributed by atoms with E-state index in [1.54, 1.807) is 7.11 Å². The Bertz CT molecular complexity index is 925. The number of carbonyl (C=O) groups excluding carboxylic acids is 1. The van der Waals surface area contributed by atoms with Crippen LogP contribution in [0.5, 0.6) is 0 Å². The van der Waals surface area contributed by atoms with Gasteiger partial charge < -0.3 is 20.5 Å². The highest BCUT2D eigenvalue weighted by Crippen LogP contribution is 2.35. The van der Waals surface area contributed by atoms with Gasteiger partial charge in [-0.25, -0.2) is 0 Å². The van der Waals surface area contributed by atoms with E-state index in [0.717, 1.165) is 42.5 Å². The molecule has 35 heavy (non-hydrogen) atoms. The molecule has 0 aromatic heterocycles. The average molecular weight is 481 g/mol. The van der Waals surface area contributed by atoms with Crippen molar-refractivity contribution in [3.05, 3.63) is 70.8 Å². The van der Waals surface area contributed by atoms with Crippen molar-refractivity contribution in [3.8, 4) is 0 Å². The summed E-state index contributed by atoms with van der Waals surface area (Å²) in [6.45, 7) is 3.46. The summed E-state index contributed by atoms with van der Waals surface area (Å²) in [7, 11) is 3.64. The summed E-state index contributed by atoms with van der Waals surface area (Å²) in [6, 6.07) is 15.7. The molecule has 2 atom stereocenters. The molecule has 0 heterocycles. The number of ether oxygens (including phenoxy) is 1. The third-order valence-corrected chi connectivity index (χ3v) is 7.36. The Morgan fingerprint density at radius 1 is 1.09 bits per heavy atom. The van der Waals surface area contributed by atoms with Crippen LogP contribution in [0.4, 0.5) is 0 Å². The van der Waals surface area contributed by atoms with Gasteiger partial charge in [0.1, 0.15) is 5.60 Å². The van der Waals surface area contributed by atoms with Gasteiger partial charge in [0.2, 0.25) is 0 Å².